The van der Waals surface area contributed by atoms with Crippen molar-refractivity contribution in [2.45, 2.75) is 92.9 Å². The van der Waals surface area contributed by atoms with Gasteiger partial charge in [-0.2, -0.15) is 0 Å². The molecule has 8 heteroatoms. The smallest absolute Gasteiger partial charge is 0.167 e. The molecule has 5 aromatic rings. The molecule has 5 nitrogen and oxygen atoms in total. The average molecular weight is 699 g/mol. The fourth-order valence-electron chi connectivity index (χ4n) is 6.62. The van der Waals surface area contributed by atoms with E-state index in [2.05, 4.69) is 0 Å². The van der Waals surface area contributed by atoms with E-state index < -0.39 is 0 Å². The number of rotatable bonds is 14. The molecule has 0 aliphatic heterocycles. The molecule has 4 aromatic heterocycles. The lowest BCUT2D eigenvalue weighted by molar-refractivity contribution is 0.0927. The minimum absolute atomic E-state index is 0.00995. The van der Waals surface area contributed by atoms with Crippen LogP contribution < -0.4 is 0 Å². The molecule has 1 unspecified atom stereocenters. The molecule has 0 spiro atoms. The van der Waals surface area contributed by atoms with Gasteiger partial charge in [0.2, 0.25) is 0 Å². The number of carbonyl (C=O) groups excluding carboxylic acids is 4. The highest BCUT2D eigenvalue weighted by atomic mass is 32.1. The summed E-state index contributed by atoms with van der Waals surface area (Å²) >= 11 is 4.81. The van der Waals surface area contributed by atoms with E-state index in [9.17, 15) is 19.2 Å². The zero-order valence-corrected chi connectivity index (χ0v) is 31.3. The summed E-state index contributed by atoms with van der Waals surface area (Å²) in [6, 6.07) is 15.4. The van der Waals surface area contributed by atoms with E-state index in [1.54, 1.807) is 47.0 Å². The minimum atomic E-state index is -0.358. The van der Waals surface area contributed by atoms with Gasteiger partial charge in [-0.3, -0.25) is 19.2 Å². The van der Waals surface area contributed by atoms with Gasteiger partial charge in [0.25, 0.3) is 0 Å². The highest BCUT2D eigenvalue weighted by Gasteiger charge is 2.27. The van der Waals surface area contributed by atoms with Gasteiger partial charge in [0.1, 0.15) is 11.5 Å². The number of furan rings is 1. The third-order valence-electron chi connectivity index (χ3n) is 8.97. The molecule has 1 aromatic carbocycles. The summed E-state index contributed by atoms with van der Waals surface area (Å²) in [7, 11) is 0. The van der Waals surface area contributed by atoms with Crippen molar-refractivity contribution in [1.29, 1.82) is 0 Å². The Morgan fingerprint density at radius 3 is 1.06 bits per heavy atom. The normalized spacial score (nSPS) is 12.1. The second kappa shape index (κ2) is 14.8. The van der Waals surface area contributed by atoms with Crippen molar-refractivity contribution in [2.24, 2.45) is 0 Å². The monoisotopic (exact) mass is 698 g/mol. The maximum absolute atomic E-state index is 13.6. The number of hydrogen-bond acceptors (Lipinski definition) is 8. The molecule has 0 aliphatic rings. The number of hydrogen-bond donors (Lipinski definition) is 0. The van der Waals surface area contributed by atoms with Crippen molar-refractivity contribution >= 4 is 57.1 Å². The zero-order valence-electron chi connectivity index (χ0n) is 28.9. The molecule has 0 saturated heterocycles. The van der Waals surface area contributed by atoms with Crippen LogP contribution in [-0.4, -0.2) is 23.1 Å². The Balaban J connectivity index is 1.46. The van der Waals surface area contributed by atoms with Gasteiger partial charge >= 0.3 is 0 Å². The van der Waals surface area contributed by atoms with E-state index in [0.29, 0.717) is 22.6 Å². The molecular weight excluding hydrogens is 657 g/mol. The molecule has 4 heterocycles. The number of thiophene rings is 3. The molecule has 1 atom stereocenters. The number of Topliss-reactive ketones (excluding diaryl/α,β-unsaturated/α-hetero) is 4. The van der Waals surface area contributed by atoms with Gasteiger partial charge in [-0.1, -0.05) is 24.3 Å². The summed E-state index contributed by atoms with van der Waals surface area (Å²) in [6.07, 6.45) is 0.758. The SMILES string of the molecule is Cc1cc(C(=O)CC(CC(=O)c2cc(C)sc2C)c2ccc(C(CC(=O)c3cc(C)sc3C)CC(=O)c3cc(C)sc3C)cc2)c(C)o1. The molecular formula is C40H42O5S3. The van der Waals surface area contributed by atoms with E-state index in [0.717, 1.165) is 51.5 Å². The fourth-order valence-corrected chi connectivity index (χ4v) is 9.45. The van der Waals surface area contributed by atoms with Crippen molar-refractivity contribution in [2.75, 3.05) is 0 Å². The van der Waals surface area contributed by atoms with Crippen LogP contribution in [0.15, 0.2) is 52.9 Å². The van der Waals surface area contributed by atoms with Gasteiger partial charge in [0, 0.05) is 71.6 Å². The van der Waals surface area contributed by atoms with Gasteiger partial charge in [-0.05, 0) is 103 Å². The molecule has 0 amide bonds. The molecule has 0 bridgehead atoms. The number of aryl methyl sites for hydroxylation is 8. The highest BCUT2D eigenvalue weighted by molar-refractivity contribution is 7.12. The lowest BCUT2D eigenvalue weighted by Crippen LogP contribution is -2.15. The largest absolute Gasteiger partial charge is 0.466 e. The van der Waals surface area contributed by atoms with Crippen LogP contribution in [0.4, 0.5) is 0 Å². The van der Waals surface area contributed by atoms with Gasteiger partial charge in [0.15, 0.2) is 23.1 Å². The second-order valence-corrected chi connectivity index (χ2v) is 17.3. The quantitative estimate of drug-likeness (QED) is 0.108. The van der Waals surface area contributed by atoms with E-state index in [4.69, 9.17) is 4.42 Å². The van der Waals surface area contributed by atoms with Crippen molar-refractivity contribution < 1.29 is 23.6 Å². The Labute approximate surface area is 295 Å². The van der Waals surface area contributed by atoms with Crippen molar-refractivity contribution in [3.05, 3.63) is 123 Å². The highest BCUT2D eigenvalue weighted by Crippen LogP contribution is 2.35. The predicted molar refractivity (Wildman–Crippen MR) is 197 cm³/mol. The molecule has 0 aliphatic carbocycles. The first kappa shape index (κ1) is 35.6. The Morgan fingerprint density at radius 1 is 0.500 bits per heavy atom. The summed E-state index contributed by atoms with van der Waals surface area (Å²) in [4.78, 5) is 60.6. The van der Waals surface area contributed by atoms with Crippen LogP contribution in [-0.2, 0) is 0 Å². The van der Waals surface area contributed by atoms with Crippen LogP contribution in [0.1, 0.15) is 131 Å². The first-order chi connectivity index (χ1) is 22.7. The van der Waals surface area contributed by atoms with Gasteiger partial charge in [-0.25, -0.2) is 0 Å². The van der Waals surface area contributed by atoms with Crippen LogP contribution in [0.2, 0.25) is 0 Å². The summed E-state index contributed by atoms with van der Waals surface area (Å²) in [5, 5.41) is 0. The fraction of sp³-hybridized carbons (Fsp3) is 0.350. The minimum Gasteiger partial charge on any atom is -0.466 e. The van der Waals surface area contributed by atoms with Crippen LogP contribution >= 0.6 is 34.0 Å². The summed E-state index contributed by atoms with van der Waals surface area (Å²) in [6.45, 7) is 15.5. The van der Waals surface area contributed by atoms with E-state index >= 15 is 0 Å². The third kappa shape index (κ3) is 8.11. The molecule has 250 valence electrons. The summed E-state index contributed by atoms with van der Waals surface area (Å²) < 4.78 is 5.64. The first-order valence-electron chi connectivity index (χ1n) is 16.2. The maximum atomic E-state index is 13.6. The lowest BCUT2D eigenvalue weighted by Gasteiger charge is -2.20. The Morgan fingerprint density at radius 2 is 0.812 bits per heavy atom. The van der Waals surface area contributed by atoms with E-state index in [1.807, 2.05) is 90.9 Å². The van der Waals surface area contributed by atoms with Crippen molar-refractivity contribution in [3.8, 4) is 0 Å². The van der Waals surface area contributed by atoms with Crippen molar-refractivity contribution in [3.63, 3.8) is 0 Å². The zero-order chi connectivity index (χ0) is 34.9. The van der Waals surface area contributed by atoms with E-state index in [1.165, 1.54) is 0 Å². The lowest BCUT2D eigenvalue weighted by atomic mass is 9.83. The van der Waals surface area contributed by atoms with E-state index in [-0.39, 0.29) is 60.7 Å². The van der Waals surface area contributed by atoms with Gasteiger partial charge in [0.05, 0.1) is 5.56 Å². The van der Waals surface area contributed by atoms with Crippen molar-refractivity contribution in [1.82, 2.24) is 0 Å². The van der Waals surface area contributed by atoms with Gasteiger partial charge < -0.3 is 4.42 Å². The number of ketones is 4. The Hall–Kier alpha value is -3.72. The third-order valence-corrected chi connectivity index (χ3v) is 11.9. The van der Waals surface area contributed by atoms with Crippen LogP contribution in [0.3, 0.4) is 0 Å². The Kier molecular flexibility index (Phi) is 11.0. The second-order valence-electron chi connectivity index (χ2n) is 12.9. The molecule has 0 fully saturated rings. The van der Waals surface area contributed by atoms with Crippen LogP contribution in [0, 0.1) is 55.4 Å². The molecule has 0 radical (unpaired) electrons. The first-order valence-corrected chi connectivity index (χ1v) is 18.7. The van der Waals surface area contributed by atoms with Crippen LogP contribution in [0.5, 0.6) is 0 Å². The summed E-state index contributed by atoms with van der Waals surface area (Å²) in [5.74, 6) is 0.559. The number of benzene rings is 1. The molecule has 5 rings (SSSR count). The average Bonchev–Trinajstić information content (AvgIpc) is 3.76. The topological polar surface area (TPSA) is 81.4 Å². The number of carbonyl (C=O) groups is 4. The van der Waals surface area contributed by atoms with Gasteiger partial charge in [-0.15, -0.1) is 34.0 Å². The Bertz CT molecular complexity index is 1730. The standard InChI is InChI=1S/C40H42O5S3/c1-21-13-33(25(5)45-21)37(41)17-31(18-38(42)34-14-22(2)46-26(34)6)29-9-11-30(12-10-29)32(19-39(43)35-15-23(3)47-27(35)7)20-40(44)36-16-24(4)48-28(36)8/h9-16,31-32H,17-20H2,1-8H3. The predicted octanol–water partition coefficient (Wildman–Crippen LogP) is 11.2. The molecule has 48 heavy (non-hydrogen) atoms. The molecule has 0 N–H and O–H groups in total. The van der Waals surface area contributed by atoms with Crippen LogP contribution in [0.25, 0.3) is 0 Å². The molecule has 0 saturated carbocycles. The summed E-state index contributed by atoms with van der Waals surface area (Å²) in [5.41, 5.74) is 4.44. The maximum Gasteiger partial charge on any atom is 0.167 e.